The summed E-state index contributed by atoms with van der Waals surface area (Å²) in [5, 5.41) is 5.37. The zero-order chi connectivity index (χ0) is 23.6. The average molecular weight is 490 g/mol. The Morgan fingerprint density at radius 1 is 0.935 bits per heavy atom. The van der Waals surface area contributed by atoms with E-state index in [0.29, 0.717) is 13.0 Å². The van der Waals surface area contributed by atoms with Crippen LogP contribution in [0.2, 0.25) is 0 Å². The molecule has 12 heteroatoms. The summed E-state index contributed by atoms with van der Waals surface area (Å²) in [6, 6.07) is 17.9. The maximum absolute atomic E-state index is 10.3. The molecule has 1 aliphatic rings. The Morgan fingerprint density at radius 2 is 1.32 bits per heavy atom. The molecular weight excluding hydrogens is 462 g/mol. The first kappa shape index (κ1) is 26.1. The van der Waals surface area contributed by atoms with E-state index in [2.05, 4.69) is 79.3 Å². The summed E-state index contributed by atoms with van der Waals surface area (Å²) in [5.41, 5.74) is 2.65. The Balaban J connectivity index is 0.000000267. The van der Waals surface area contributed by atoms with Crippen molar-refractivity contribution in [1.29, 1.82) is 0 Å². The fourth-order valence-corrected chi connectivity index (χ4v) is 5.03. The summed E-state index contributed by atoms with van der Waals surface area (Å²) < 4.78 is 20.5. The molecule has 3 rings (SSSR count). The molecule has 2 aromatic carbocycles. The standard InChI is InChI=1S/C17H20N2S.C2H8O7P2/c1-13(18(2)3)12-19-14-8-4-6-10-16(14)20-17-11-7-5-9-15(17)19;1-2(3,10(4,5)6)11(7,8)9/h4-11,13H,12H2,1-3H3;3H,1H3,(H2,4,5,6)(H2,7,8,9). The maximum Gasteiger partial charge on any atom is 0.369 e. The third-order valence-electron chi connectivity index (χ3n) is 4.96. The van der Waals surface area contributed by atoms with Gasteiger partial charge in [0, 0.05) is 22.4 Å². The third-order valence-corrected chi connectivity index (χ3v) is 9.86. The average Bonchev–Trinajstić information content (AvgIpc) is 2.66. The van der Waals surface area contributed by atoms with Crippen LogP contribution in [0.25, 0.3) is 0 Å². The fraction of sp³-hybridized carbons (Fsp3) is 0.368. The summed E-state index contributed by atoms with van der Waals surface area (Å²) in [4.78, 5) is 40.4. The number of aliphatic hydroxyl groups is 1. The van der Waals surface area contributed by atoms with E-state index < -0.39 is 20.3 Å². The second-order valence-electron chi connectivity index (χ2n) is 7.52. The van der Waals surface area contributed by atoms with Gasteiger partial charge in [0.2, 0.25) is 0 Å². The van der Waals surface area contributed by atoms with E-state index >= 15 is 0 Å². The Kier molecular flexibility index (Phi) is 8.20. The lowest BCUT2D eigenvalue weighted by Crippen LogP contribution is -2.37. The summed E-state index contributed by atoms with van der Waals surface area (Å²) in [6.45, 7) is 3.66. The lowest BCUT2D eigenvalue weighted by atomic mass is 10.2. The van der Waals surface area contributed by atoms with Gasteiger partial charge in [-0.05, 0) is 52.2 Å². The molecular formula is C19H28N2O7P2S. The number of hydrogen-bond donors (Lipinski definition) is 5. The smallest absolute Gasteiger partial charge is 0.368 e. The normalized spacial score (nSPS) is 15.0. The SMILES string of the molecule is CC(CN1c2ccccc2Sc2ccccc21)N(C)C.CC(O)(P(=O)(O)O)P(=O)(O)O. The van der Waals surface area contributed by atoms with Crippen LogP contribution >= 0.6 is 27.0 Å². The molecule has 2 aromatic rings. The van der Waals surface area contributed by atoms with Crippen molar-refractivity contribution in [3.63, 3.8) is 0 Å². The topological polar surface area (TPSA) is 142 Å². The first-order valence-corrected chi connectivity index (χ1v) is 13.3. The van der Waals surface area contributed by atoms with Gasteiger partial charge in [-0.2, -0.15) is 0 Å². The lowest BCUT2D eigenvalue weighted by Gasteiger charge is -2.36. The molecule has 1 heterocycles. The van der Waals surface area contributed by atoms with Crippen molar-refractivity contribution in [3.05, 3.63) is 48.5 Å². The van der Waals surface area contributed by atoms with E-state index in [4.69, 9.17) is 24.7 Å². The van der Waals surface area contributed by atoms with Crippen molar-refractivity contribution in [2.75, 3.05) is 25.5 Å². The van der Waals surface area contributed by atoms with Crippen LogP contribution in [-0.2, 0) is 9.13 Å². The van der Waals surface area contributed by atoms with Gasteiger partial charge in [-0.1, -0.05) is 36.0 Å². The number of nitrogens with zero attached hydrogens (tertiary/aromatic N) is 2. The van der Waals surface area contributed by atoms with E-state index in [1.165, 1.54) is 21.2 Å². The molecule has 5 N–H and O–H groups in total. The molecule has 0 spiro atoms. The summed E-state index contributed by atoms with van der Waals surface area (Å²) in [5.74, 6) is 0. The highest BCUT2D eigenvalue weighted by Crippen LogP contribution is 2.66. The number of rotatable bonds is 5. The van der Waals surface area contributed by atoms with E-state index in [-0.39, 0.29) is 0 Å². The fourth-order valence-electron chi connectivity index (χ4n) is 2.58. The predicted molar refractivity (Wildman–Crippen MR) is 122 cm³/mol. The van der Waals surface area contributed by atoms with Gasteiger partial charge in [-0.3, -0.25) is 9.13 Å². The Hall–Kier alpha value is -1.19. The highest BCUT2D eigenvalue weighted by Gasteiger charge is 2.55. The van der Waals surface area contributed by atoms with E-state index in [0.717, 1.165) is 6.54 Å². The van der Waals surface area contributed by atoms with E-state index in [9.17, 15) is 9.13 Å². The van der Waals surface area contributed by atoms with Crippen LogP contribution in [0.4, 0.5) is 11.4 Å². The van der Waals surface area contributed by atoms with E-state index in [1.54, 1.807) is 0 Å². The quantitative estimate of drug-likeness (QED) is 0.397. The van der Waals surface area contributed by atoms with Crippen molar-refractivity contribution < 1.29 is 33.8 Å². The minimum atomic E-state index is -5.20. The second-order valence-corrected chi connectivity index (χ2v) is 12.9. The molecule has 1 unspecified atom stereocenters. The molecule has 31 heavy (non-hydrogen) atoms. The minimum Gasteiger partial charge on any atom is -0.368 e. The van der Waals surface area contributed by atoms with Crippen LogP contribution in [0.15, 0.2) is 58.3 Å². The molecule has 9 nitrogen and oxygen atoms in total. The van der Waals surface area contributed by atoms with Gasteiger partial charge in [0.15, 0.2) is 0 Å². The van der Waals surface area contributed by atoms with E-state index in [1.807, 2.05) is 11.8 Å². The molecule has 0 saturated heterocycles. The highest BCUT2D eigenvalue weighted by atomic mass is 32.2. The van der Waals surface area contributed by atoms with Crippen molar-refractivity contribution in [2.45, 2.75) is 34.8 Å². The largest absolute Gasteiger partial charge is 0.369 e. The van der Waals surface area contributed by atoms with Crippen LogP contribution in [0, 0.1) is 0 Å². The molecule has 0 aliphatic carbocycles. The number of benzene rings is 2. The van der Waals surface area contributed by atoms with Crippen LogP contribution in [-0.4, -0.2) is 61.3 Å². The van der Waals surface area contributed by atoms with Crippen molar-refractivity contribution in [2.24, 2.45) is 0 Å². The summed E-state index contributed by atoms with van der Waals surface area (Å²) in [6.07, 6.45) is 0. The molecule has 1 aliphatic heterocycles. The zero-order valence-electron chi connectivity index (χ0n) is 17.7. The highest BCUT2D eigenvalue weighted by molar-refractivity contribution is 7.99. The number of hydrogen-bond acceptors (Lipinski definition) is 6. The van der Waals surface area contributed by atoms with Gasteiger partial charge in [0.1, 0.15) is 0 Å². The van der Waals surface area contributed by atoms with Gasteiger partial charge in [0.25, 0.3) is 5.08 Å². The first-order valence-electron chi connectivity index (χ1n) is 9.30. The van der Waals surface area contributed by atoms with Gasteiger partial charge >= 0.3 is 15.2 Å². The Labute approximate surface area is 186 Å². The molecule has 0 fully saturated rings. The lowest BCUT2D eigenvalue weighted by molar-refractivity contribution is 0.146. The van der Waals surface area contributed by atoms with Crippen LogP contribution < -0.4 is 4.90 Å². The molecule has 172 valence electrons. The third kappa shape index (κ3) is 5.99. The van der Waals surface area contributed by atoms with Crippen LogP contribution in [0.1, 0.15) is 13.8 Å². The van der Waals surface area contributed by atoms with Gasteiger partial charge in [-0.15, -0.1) is 0 Å². The van der Waals surface area contributed by atoms with Crippen molar-refractivity contribution in [1.82, 2.24) is 4.90 Å². The number of likely N-dealkylation sites (N-methyl/N-ethyl adjacent to an activating group) is 1. The number of fused-ring (bicyclic) bond motifs is 2. The summed E-state index contributed by atoms with van der Waals surface area (Å²) in [7, 11) is -6.12. The van der Waals surface area contributed by atoms with Crippen LogP contribution in [0.5, 0.6) is 0 Å². The van der Waals surface area contributed by atoms with Gasteiger partial charge in [0.05, 0.1) is 11.4 Å². The monoisotopic (exact) mass is 490 g/mol. The predicted octanol–water partition coefficient (Wildman–Crippen LogP) is 3.25. The molecule has 1 atom stereocenters. The maximum atomic E-state index is 10.3. The number of anilines is 2. The Morgan fingerprint density at radius 3 is 1.65 bits per heavy atom. The molecule has 0 saturated carbocycles. The molecule has 0 aromatic heterocycles. The van der Waals surface area contributed by atoms with Gasteiger partial charge < -0.3 is 34.5 Å². The van der Waals surface area contributed by atoms with Crippen molar-refractivity contribution in [3.8, 4) is 0 Å². The Bertz CT molecular complexity index is 937. The number of para-hydroxylation sites is 2. The van der Waals surface area contributed by atoms with Crippen LogP contribution in [0.3, 0.4) is 0 Å². The first-order chi connectivity index (χ1) is 14.2. The molecule has 0 bridgehead atoms. The zero-order valence-corrected chi connectivity index (χ0v) is 20.3. The molecule has 0 amide bonds. The second kappa shape index (κ2) is 9.75. The van der Waals surface area contributed by atoms with Crippen molar-refractivity contribution >= 4 is 38.3 Å². The summed E-state index contributed by atoms with van der Waals surface area (Å²) >= 11 is 1.87. The minimum absolute atomic E-state index is 0.383. The van der Waals surface area contributed by atoms with Gasteiger partial charge in [-0.25, -0.2) is 0 Å². The molecule has 0 radical (unpaired) electrons.